The number of hydrogen-bond acceptors (Lipinski definition) is 3. The number of aryl methyl sites for hydroxylation is 1. The van der Waals surface area contributed by atoms with E-state index in [4.69, 9.17) is 5.84 Å². The summed E-state index contributed by atoms with van der Waals surface area (Å²) in [7, 11) is 0. The highest BCUT2D eigenvalue weighted by Crippen LogP contribution is 2.32. The summed E-state index contributed by atoms with van der Waals surface area (Å²) in [6, 6.07) is 19.2. The molecular weight excluding hydrogens is 252 g/mol. The summed E-state index contributed by atoms with van der Waals surface area (Å²) in [5, 5.41) is 1.27. The van der Waals surface area contributed by atoms with Crippen LogP contribution in [0.5, 0.6) is 0 Å². The molecule has 2 nitrogen and oxygen atoms in total. The summed E-state index contributed by atoms with van der Waals surface area (Å²) >= 11 is 1.79. The molecule has 2 aromatic carbocycles. The van der Waals surface area contributed by atoms with Gasteiger partial charge in [-0.1, -0.05) is 48.0 Å². The lowest BCUT2D eigenvalue weighted by molar-refractivity contribution is 0.647. The van der Waals surface area contributed by atoms with Gasteiger partial charge in [0.15, 0.2) is 0 Å². The Kier molecular flexibility index (Phi) is 3.34. The molecule has 1 unspecified atom stereocenters. The first-order valence-electron chi connectivity index (χ1n) is 6.29. The van der Waals surface area contributed by atoms with Crippen LogP contribution < -0.4 is 11.3 Å². The lowest BCUT2D eigenvalue weighted by Gasteiger charge is -2.14. The van der Waals surface area contributed by atoms with Gasteiger partial charge in [0.25, 0.3) is 0 Å². The van der Waals surface area contributed by atoms with Crippen molar-refractivity contribution in [2.45, 2.75) is 13.0 Å². The van der Waals surface area contributed by atoms with Crippen LogP contribution in [0.1, 0.15) is 22.0 Å². The normalized spacial score (nSPS) is 12.7. The van der Waals surface area contributed by atoms with Gasteiger partial charge >= 0.3 is 0 Å². The van der Waals surface area contributed by atoms with E-state index in [-0.39, 0.29) is 6.04 Å². The maximum atomic E-state index is 5.75. The standard InChI is InChI=1S/C16H16N2S/c1-11-6-8-12(9-7-11)16(18-17)15-10-13-4-2-3-5-14(13)19-15/h2-10,16,18H,17H2,1H3. The van der Waals surface area contributed by atoms with Crippen molar-refractivity contribution in [1.82, 2.24) is 5.43 Å². The number of benzene rings is 2. The van der Waals surface area contributed by atoms with Crippen LogP contribution in [0.25, 0.3) is 10.1 Å². The van der Waals surface area contributed by atoms with Gasteiger partial charge in [-0.2, -0.15) is 0 Å². The minimum atomic E-state index is 0.0537. The molecule has 0 saturated carbocycles. The van der Waals surface area contributed by atoms with Crippen molar-refractivity contribution in [3.05, 3.63) is 70.6 Å². The predicted octanol–water partition coefficient (Wildman–Crippen LogP) is 3.76. The smallest absolute Gasteiger partial charge is 0.0802 e. The quantitative estimate of drug-likeness (QED) is 0.560. The van der Waals surface area contributed by atoms with Gasteiger partial charge in [0.1, 0.15) is 0 Å². The zero-order valence-electron chi connectivity index (χ0n) is 10.8. The second kappa shape index (κ2) is 5.13. The molecule has 0 saturated heterocycles. The van der Waals surface area contributed by atoms with Crippen LogP contribution in [0.3, 0.4) is 0 Å². The Morgan fingerprint density at radius 1 is 1.05 bits per heavy atom. The molecule has 19 heavy (non-hydrogen) atoms. The van der Waals surface area contributed by atoms with Gasteiger partial charge in [0.2, 0.25) is 0 Å². The fourth-order valence-corrected chi connectivity index (χ4v) is 3.40. The highest BCUT2D eigenvalue weighted by atomic mass is 32.1. The number of hydrogen-bond donors (Lipinski definition) is 2. The Morgan fingerprint density at radius 3 is 2.47 bits per heavy atom. The molecule has 0 aliphatic rings. The van der Waals surface area contributed by atoms with Crippen LogP contribution in [-0.2, 0) is 0 Å². The van der Waals surface area contributed by atoms with Gasteiger partial charge in [0.05, 0.1) is 6.04 Å². The third-order valence-corrected chi connectivity index (χ3v) is 4.49. The first-order chi connectivity index (χ1) is 9.28. The van der Waals surface area contributed by atoms with Gasteiger partial charge in [-0.15, -0.1) is 11.3 Å². The number of nitrogens with one attached hydrogen (secondary N) is 1. The van der Waals surface area contributed by atoms with Gasteiger partial charge in [-0.3, -0.25) is 5.84 Å². The summed E-state index contributed by atoms with van der Waals surface area (Å²) in [5.41, 5.74) is 5.38. The molecule has 3 N–H and O–H groups in total. The first-order valence-corrected chi connectivity index (χ1v) is 7.11. The van der Waals surface area contributed by atoms with Crippen LogP contribution in [0, 0.1) is 6.92 Å². The Labute approximate surface area is 116 Å². The number of hydrazine groups is 1. The van der Waals surface area contributed by atoms with E-state index in [1.165, 1.54) is 26.1 Å². The van der Waals surface area contributed by atoms with Crippen molar-refractivity contribution >= 4 is 21.4 Å². The average molecular weight is 268 g/mol. The fraction of sp³-hybridized carbons (Fsp3) is 0.125. The van der Waals surface area contributed by atoms with Crippen molar-refractivity contribution in [3.8, 4) is 0 Å². The molecule has 0 amide bonds. The van der Waals surface area contributed by atoms with Gasteiger partial charge < -0.3 is 0 Å². The van der Waals surface area contributed by atoms with Crippen LogP contribution in [0.15, 0.2) is 54.6 Å². The Balaban J connectivity index is 2.04. The van der Waals surface area contributed by atoms with Gasteiger partial charge in [-0.05, 0) is 30.0 Å². The molecule has 0 aliphatic carbocycles. The molecule has 3 rings (SSSR count). The summed E-state index contributed by atoms with van der Waals surface area (Å²) in [6.07, 6.45) is 0. The summed E-state index contributed by atoms with van der Waals surface area (Å²) in [6.45, 7) is 2.09. The molecule has 0 bridgehead atoms. The van der Waals surface area contributed by atoms with Crippen LogP contribution in [0.4, 0.5) is 0 Å². The highest BCUT2D eigenvalue weighted by Gasteiger charge is 2.14. The second-order valence-corrected chi connectivity index (χ2v) is 5.81. The summed E-state index contributed by atoms with van der Waals surface area (Å²) < 4.78 is 1.30. The molecule has 0 fully saturated rings. The molecule has 0 aliphatic heterocycles. The van der Waals surface area contributed by atoms with E-state index in [2.05, 4.69) is 66.9 Å². The zero-order chi connectivity index (χ0) is 13.2. The van der Waals surface area contributed by atoms with Crippen molar-refractivity contribution < 1.29 is 0 Å². The molecule has 1 heterocycles. The molecule has 0 spiro atoms. The predicted molar refractivity (Wildman–Crippen MR) is 82.2 cm³/mol. The third kappa shape index (κ3) is 2.40. The number of rotatable bonds is 3. The average Bonchev–Trinajstić information content (AvgIpc) is 2.85. The van der Waals surface area contributed by atoms with Crippen molar-refractivity contribution in [3.63, 3.8) is 0 Å². The van der Waals surface area contributed by atoms with Crippen molar-refractivity contribution in [1.29, 1.82) is 0 Å². The maximum absolute atomic E-state index is 5.75. The third-order valence-electron chi connectivity index (χ3n) is 3.31. The van der Waals surface area contributed by atoms with E-state index in [9.17, 15) is 0 Å². The molecule has 3 aromatic rings. The van der Waals surface area contributed by atoms with E-state index in [1.807, 2.05) is 0 Å². The number of thiophene rings is 1. The first kappa shape index (κ1) is 12.4. The number of nitrogens with two attached hydrogens (primary N) is 1. The Hall–Kier alpha value is -1.68. The molecular formula is C16H16N2S. The van der Waals surface area contributed by atoms with E-state index >= 15 is 0 Å². The van der Waals surface area contributed by atoms with E-state index in [0.29, 0.717) is 0 Å². The number of fused-ring (bicyclic) bond motifs is 1. The van der Waals surface area contributed by atoms with Crippen molar-refractivity contribution in [2.75, 3.05) is 0 Å². The topological polar surface area (TPSA) is 38.0 Å². The summed E-state index contributed by atoms with van der Waals surface area (Å²) in [5.74, 6) is 5.75. The molecule has 96 valence electrons. The molecule has 0 radical (unpaired) electrons. The van der Waals surface area contributed by atoms with Gasteiger partial charge in [-0.25, -0.2) is 5.43 Å². The molecule has 3 heteroatoms. The lowest BCUT2D eigenvalue weighted by atomic mass is 10.0. The van der Waals surface area contributed by atoms with E-state index < -0.39 is 0 Å². The van der Waals surface area contributed by atoms with Crippen LogP contribution >= 0.6 is 11.3 Å². The maximum Gasteiger partial charge on any atom is 0.0802 e. The Morgan fingerprint density at radius 2 is 1.79 bits per heavy atom. The minimum absolute atomic E-state index is 0.0537. The lowest BCUT2D eigenvalue weighted by Crippen LogP contribution is -2.28. The largest absolute Gasteiger partial charge is 0.271 e. The van der Waals surface area contributed by atoms with Crippen LogP contribution in [0.2, 0.25) is 0 Å². The zero-order valence-corrected chi connectivity index (χ0v) is 11.6. The van der Waals surface area contributed by atoms with E-state index in [1.54, 1.807) is 11.3 Å². The second-order valence-electron chi connectivity index (χ2n) is 4.70. The monoisotopic (exact) mass is 268 g/mol. The SMILES string of the molecule is Cc1ccc(C(NN)c2cc3ccccc3s2)cc1. The highest BCUT2D eigenvalue weighted by molar-refractivity contribution is 7.19. The van der Waals surface area contributed by atoms with Gasteiger partial charge in [0, 0.05) is 9.58 Å². The Bertz CT molecular complexity index is 652. The van der Waals surface area contributed by atoms with Crippen molar-refractivity contribution in [2.24, 2.45) is 5.84 Å². The molecule has 1 atom stereocenters. The van der Waals surface area contributed by atoms with Crippen LogP contribution in [-0.4, -0.2) is 0 Å². The molecule has 1 aromatic heterocycles. The fourth-order valence-electron chi connectivity index (χ4n) is 2.25. The minimum Gasteiger partial charge on any atom is -0.271 e. The summed E-state index contributed by atoms with van der Waals surface area (Å²) in [4.78, 5) is 1.24. The van der Waals surface area contributed by atoms with E-state index in [0.717, 1.165) is 0 Å².